The van der Waals surface area contributed by atoms with Crippen LogP contribution < -0.4 is 0 Å². The van der Waals surface area contributed by atoms with Gasteiger partial charge in [0.15, 0.2) is 0 Å². The third-order valence-electron chi connectivity index (χ3n) is 2.95. The molecule has 0 aliphatic heterocycles. The van der Waals surface area contributed by atoms with Gasteiger partial charge >= 0.3 is 0 Å². The summed E-state index contributed by atoms with van der Waals surface area (Å²) in [5.41, 5.74) is 1.47. The smallest absolute Gasteiger partial charge is 0.233 e. The number of carbonyl (C=O) groups is 3. The van der Waals surface area contributed by atoms with Crippen molar-refractivity contribution in [3.05, 3.63) is 41.0 Å². The zero-order chi connectivity index (χ0) is 13.1. The number of Topliss-reactive ketones (excluding diaryl/α,β-unsaturated/α-hetero) is 3. The van der Waals surface area contributed by atoms with E-state index in [-0.39, 0.29) is 12.2 Å². The Morgan fingerprint density at radius 3 is 2.56 bits per heavy atom. The van der Waals surface area contributed by atoms with E-state index < -0.39 is 11.6 Å². The molecule has 18 heavy (non-hydrogen) atoms. The van der Waals surface area contributed by atoms with Gasteiger partial charge in [-0.1, -0.05) is 31.2 Å². The maximum atomic E-state index is 11.9. The van der Waals surface area contributed by atoms with Gasteiger partial charge in [0.05, 0.1) is 0 Å². The lowest BCUT2D eigenvalue weighted by molar-refractivity contribution is -0.120. The van der Waals surface area contributed by atoms with Crippen molar-refractivity contribution in [1.82, 2.24) is 0 Å². The number of ketones is 3. The van der Waals surface area contributed by atoms with Crippen molar-refractivity contribution in [2.75, 3.05) is 0 Å². The van der Waals surface area contributed by atoms with Crippen LogP contribution in [-0.4, -0.2) is 17.3 Å². The molecule has 2 rings (SSSR count). The average Bonchev–Trinajstić information content (AvgIpc) is 2.36. The first-order chi connectivity index (χ1) is 8.63. The summed E-state index contributed by atoms with van der Waals surface area (Å²) in [6, 6.07) is 6.95. The molecular formula is C15H14O3. The second-order valence-corrected chi connectivity index (χ2v) is 4.38. The average molecular weight is 242 g/mol. The van der Waals surface area contributed by atoms with Gasteiger partial charge in [-0.25, -0.2) is 0 Å². The molecule has 3 nitrogen and oxygen atoms in total. The van der Waals surface area contributed by atoms with Gasteiger partial charge in [-0.3, -0.25) is 14.4 Å². The molecule has 0 radical (unpaired) electrons. The molecule has 1 aromatic carbocycles. The molecule has 0 amide bonds. The Kier molecular flexibility index (Phi) is 3.51. The Labute approximate surface area is 106 Å². The normalized spacial score (nSPS) is 14.2. The highest BCUT2D eigenvalue weighted by Gasteiger charge is 2.27. The molecule has 0 fully saturated rings. The topological polar surface area (TPSA) is 51.2 Å². The first kappa shape index (κ1) is 12.4. The van der Waals surface area contributed by atoms with Crippen LogP contribution in [0.15, 0.2) is 29.8 Å². The van der Waals surface area contributed by atoms with Crippen molar-refractivity contribution in [1.29, 1.82) is 0 Å². The molecule has 92 valence electrons. The fourth-order valence-corrected chi connectivity index (χ4v) is 2.06. The number of allylic oxidation sites excluding steroid dienone is 1. The second kappa shape index (κ2) is 5.08. The van der Waals surface area contributed by atoms with Crippen molar-refractivity contribution in [3.63, 3.8) is 0 Å². The lowest BCUT2D eigenvalue weighted by atomic mass is 9.87. The molecule has 0 N–H and O–H groups in total. The summed E-state index contributed by atoms with van der Waals surface area (Å²) in [5.74, 6) is -1.05. The van der Waals surface area contributed by atoms with Gasteiger partial charge in [0.1, 0.15) is 5.78 Å². The van der Waals surface area contributed by atoms with Gasteiger partial charge in [-0.05, 0) is 18.1 Å². The molecule has 3 heteroatoms. The van der Waals surface area contributed by atoms with Crippen LogP contribution in [0.25, 0.3) is 6.08 Å². The quantitative estimate of drug-likeness (QED) is 0.762. The highest BCUT2D eigenvalue weighted by molar-refractivity contribution is 6.52. The summed E-state index contributed by atoms with van der Waals surface area (Å²) in [6.45, 7) is 1.91. The third kappa shape index (κ3) is 2.30. The Morgan fingerprint density at radius 2 is 1.83 bits per heavy atom. The van der Waals surface area contributed by atoms with E-state index in [1.807, 2.05) is 13.0 Å². The maximum Gasteiger partial charge on any atom is 0.233 e. The summed E-state index contributed by atoms with van der Waals surface area (Å²) in [4.78, 5) is 35.3. The first-order valence-electron chi connectivity index (χ1n) is 6.03. The molecular weight excluding hydrogens is 228 g/mol. The number of benzene rings is 1. The van der Waals surface area contributed by atoms with E-state index in [0.29, 0.717) is 17.6 Å². The van der Waals surface area contributed by atoms with Crippen LogP contribution in [0.5, 0.6) is 0 Å². The second-order valence-electron chi connectivity index (χ2n) is 4.38. The fraction of sp³-hybridized carbons (Fsp3) is 0.267. The summed E-state index contributed by atoms with van der Waals surface area (Å²) in [7, 11) is 0. The number of hydrogen-bond donors (Lipinski definition) is 0. The maximum absolute atomic E-state index is 11.9. The zero-order valence-electron chi connectivity index (χ0n) is 10.2. The molecule has 0 atom stereocenters. The predicted octanol–water partition coefficient (Wildman–Crippen LogP) is 2.59. The van der Waals surface area contributed by atoms with Gasteiger partial charge in [0.25, 0.3) is 0 Å². The van der Waals surface area contributed by atoms with Crippen LogP contribution in [0.4, 0.5) is 0 Å². The summed E-state index contributed by atoms with van der Waals surface area (Å²) >= 11 is 0. The van der Waals surface area contributed by atoms with E-state index in [9.17, 15) is 14.4 Å². The van der Waals surface area contributed by atoms with Crippen LogP contribution in [0.1, 0.15) is 42.1 Å². The Hall–Kier alpha value is -2.03. The zero-order valence-corrected chi connectivity index (χ0v) is 10.2. The largest absolute Gasteiger partial charge is 0.299 e. The van der Waals surface area contributed by atoms with Crippen LogP contribution in [0.3, 0.4) is 0 Å². The van der Waals surface area contributed by atoms with Crippen molar-refractivity contribution >= 4 is 23.4 Å². The molecule has 0 heterocycles. The first-order valence-corrected chi connectivity index (χ1v) is 6.03. The SMILES string of the molecule is CCCC(=O)CC1=Cc2ccccc2C(=O)C1=O. The monoisotopic (exact) mass is 242 g/mol. The van der Waals surface area contributed by atoms with Gasteiger partial charge in [-0.2, -0.15) is 0 Å². The van der Waals surface area contributed by atoms with Crippen molar-refractivity contribution in [2.24, 2.45) is 0 Å². The molecule has 1 aliphatic carbocycles. The lowest BCUT2D eigenvalue weighted by Crippen LogP contribution is -2.22. The highest BCUT2D eigenvalue weighted by Crippen LogP contribution is 2.23. The van der Waals surface area contributed by atoms with Crippen LogP contribution in [-0.2, 0) is 9.59 Å². The molecule has 0 saturated heterocycles. The van der Waals surface area contributed by atoms with E-state index in [2.05, 4.69) is 0 Å². The lowest BCUT2D eigenvalue weighted by Gasteiger charge is -2.13. The van der Waals surface area contributed by atoms with E-state index in [1.165, 1.54) is 0 Å². The summed E-state index contributed by atoms with van der Waals surface area (Å²) in [5, 5.41) is 0. The minimum Gasteiger partial charge on any atom is -0.299 e. The van der Waals surface area contributed by atoms with Crippen molar-refractivity contribution in [2.45, 2.75) is 26.2 Å². The molecule has 0 bridgehead atoms. The number of hydrogen-bond acceptors (Lipinski definition) is 3. The van der Waals surface area contributed by atoms with Gasteiger partial charge < -0.3 is 0 Å². The predicted molar refractivity (Wildman–Crippen MR) is 68.3 cm³/mol. The standard InChI is InChI=1S/C15H14O3/c1-2-5-12(16)9-11-8-10-6-3-4-7-13(10)15(18)14(11)17/h3-4,6-8H,2,5,9H2,1H3. The van der Waals surface area contributed by atoms with Gasteiger partial charge in [0.2, 0.25) is 11.6 Å². The van der Waals surface area contributed by atoms with Crippen molar-refractivity contribution in [3.8, 4) is 0 Å². The Bertz CT molecular complexity index is 553. The highest BCUT2D eigenvalue weighted by atomic mass is 16.2. The molecule has 1 aromatic rings. The summed E-state index contributed by atoms with van der Waals surface area (Å²) in [6.07, 6.45) is 2.92. The van der Waals surface area contributed by atoms with E-state index in [4.69, 9.17) is 0 Å². The number of fused-ring (bicyclic) bond motifs is 1. The minimum atomic E-state index is -0.543. The fourth-order valence-electron chi connectivity index (χ4n) is 2.06. The molecule has 0 saturated carbocycles. The Morgan fingerprint density at radius 1 is 1.11 bits per heavy atom. The molecule has 1 aliphatic rings. The summed E-state index contributed by atoms with van der Waals surface area (Å²) < 4.78 is 0. The van der Waals surface area contributed by atoms with Crippen molar-refractivity contribution < 1.29 is 14.4 Å². The van der Waals surface area contributed by atoms with Gasteiger partial charge in [-0.15, -0.1) is 0 Å². The minimum absolute atomic E-state index is 0.00396. The number of rotatable bonds is 4. The van der Waals surface area contributed by atoms with Gasteiger partial charge in [0, 0.05) is 24.0 Å². The van der Waals surface area contributed by atoms with Crippen LogP contribution in [0.2, 0.25) is 0 Å². The number of carbonyl (C=O) groups excluding carboxylic acids is 3. The van der Waals surface area contributed by atoms with E-state index in [1.54, 1.807) is 24.3 Å². The van der Waals surface area contributed by atoms with Crippen LogP contribution in [0, 0.1) is 0 Å². The third-order valence-corrected chi connectivity index (χ3v) is 2.95. The van der Waals surface area contributed by atoms with E-state index in [0.717, 1.165) is 12.0 Å². The molecule has 0 unspecified atom stereocenters. The molecule has 0 aromatic heterocycles. The molecule has 0 spiro atoms. The van der Waals surface area contributed by atoms with Crippen LogP contribution >= 0.6 is 0 Å². The Balaban J connectivity index is 2.32. The van der Waals surface area contributed by atoms with E-state index >= 15 is 0 Å².